The number of pyridine rings is 1. The number of amides is 1. The van der Waals surface area contributed by atoms with E-state index in [1.807, 2.05) is 6.07 Å². The molecule has 202 valence electrons. The van der Waals surface area contributed by atoms with Gasteiger partial charge < -0.3 is 23.7 Å². The van der Waals surface area contributed by atoms with E-state index in [2.05, 4.69) is 15.0 Å². The number of alkyl halides is 3. The van der Waals surface area contributed by atoms with Gasteiger partial charge in [-0.05, 0) is 39.3 Å². The summed E-state index contributed by atoms with van der Waals surface area (Å²) in [6.45, 7) is 5.97. The number of aryl methyl sites for hydroxylation is 1. The topological polar surface area (TPSA) is 115 Å². The van der Waals surface area contributed by atoms with Crippen molar-refractivity contribution in [3.8, 4) is 23.2 Å². The molecule has 0 bridgehead atoms. The molecule has 1 amide bonds. The first-order valence-electron chi connectivity index (χ1n) is 11.9. The first kappa shape index (κ1) is 27.1. The Bertz CT molecular complexity index is 1380. The van der Waals surface area contributed by atoms with E-state index in [-0.39, 0.29) is 36.4 Å². The third kappa shape index (κ3) is 6.13. The Balaban J connectivity index is 1.43. The van der Waals surface area contributed by atoms with Crippen LogP contribution in [0.15, 0.2) is 24.5 Å². The first-order chi connectivity index (χ1) is 17.9. The van der Waals surface area contributed by atoms with E-state index in [4.69, 9.17) is 14.2 Å². The van der Waals surface area contributed by atoms with Crippen LogP contribution in [0.3, 0.4) is 0 Å². The Morgan fingerprint density at radius 2 is 2.00 bits per heavy atom. The van der Waals surface area contributed by atoms with E-state index in [9.17, 15) is 23.2 Å². The third-order valence-corrected chi connectivity index (χ3v) is 5.73. The van der Waals surface area contributed by atoms with Gasteiger partial charge in [0.25, 0.3) is 0 Å². The maximum absolute atomic E-state index is 13.9. The number of carbonyl (C=O) groups excluding carboxylic acids is 1. The minimum absolute atomic E-state index is 0.00955. The van der Waals surface area contributed by atoms with Gasteiger partial charge in [0, 0.05) is 36.9 Å². The summed E-state index contributed by atoms with van der Waals surface area (Å²) < 4.78 is 59.8. The number of likely N-dealkylation sites (tertiary alicyclic amines) is 1. The third-order valence-electron chi connectivity index (χ3n) is 5.73. The average Bonchev–Trinajstić information content (AvgIpc) is 3.47. The second kappa shape index (κ2) is 10.4. The normalized spacial score (nSPS) is 16.1. The molecule has 1 aliphatic rings. The van der Waals surface area contributed by atoms with E-state index in [1.165, 1.54) is 11.1 Å². The highest BCUT2D eigenvalue weighted by atomic mass is 19.4. The number of carbonyl (C=O) groups is 1. The molecular weight excluding hydrogens is 505 g/mol. The summed E-state index contributed by atoms with van der Waals surface area (Å²) in [4.78, 5) is 25.9. The van der Waals surface area contributed by atoms with Crippen LogP contribution in [0.4, 0.5) is 18.0 Å². The summed E-state index contributed by atoms with van der Waals surface area (Å²) in [5, 5.41) is 9.76. The number of halogens is 3. The highest BCUT2D eigenvalue weighted by molar-refractivity contribution is 5.91. The zero-order chi connectivity index (χ0) is 27.7. The Hall–Kier alpha value is -3.92. The van der Waals surface area contributed by atoms with E-state index in [0.29, 0.717) is 30.5 Å². The molecule has 4 rings (SSSR count). The summed E-state index contributed by atoms with van der Waals surface area (Å²) in [6, 6.07) is 4.39. The number of rotatable bonds is 6. The summed E-state index contributed by atoms with van der Waals surface area (Å²) in [7, 11) is 1.71. The zero-order valence-electron chi connectivity index (χ0n) is 21.4. The molecule has 0 saturated carbocycles. The summed E-state index contributed by atoms with van der Waals surface area (Å²) in [6.07, 6.45) is -1.98. The lowest BCUT2D eigenvalue weighted by molar-refractivity contribution is -0.139. The molecule has 1 saturated heterocycles. The first-order valence-corrected chi connectivity index (χ1v) is 11.9. The van der Waals surface area contributed by atoms with Crippen LogP contribution < -0.4 is 4.74 Å². The smallest absolute Gasteiger partial charge is 0.421 e. The lowest BCUT2D eigenvalue weighted by Gasteiger charge is -2.24. The lowest BCUT2D eigenvalue weighted by atomic mass is 10.1. The Labute approximate surface area is 217 Å². The molecule has 3 aromatic rings. The van der Waals surface area contributed by atoms with Crippen molar-refractivity contribution in [2.24, 2.45) is 7.05 Å². The maximum Gasteiger partial charge on any atom is 0.421 e. The van der Waals surface area contributed by atoms with Gasteiger partial charge in [-0.1, -0.05) is 0 Å². The number of ether oxygens (including phenoxy) is 3. The van der Waals surface area contributed by atoms with Gasteiger partial charge in [0.15, 0.2) is 0 Å². The van der Waals surface area contributed by atoms with Crippen LogP contribution in [-0.2, 0) is 22.7 Å². The molecule has 1 atom stereocenters. The van der Waals surface area contributed by atoms with Gasteiger partial charge in [-0.3, -0.25) is 0 Å². The molecule has 1 aliphatic heterocycles. The van der Waals surface area contributed by atoms with E-state index in [1.54, 1.807) is 44.6 Å². The minimum atomic E-state index is -4.75. The monoisotopic (exact) mass is 532 g/mol. The van der Waals surface area contributed by atoms with Gasteiger partial charge in [-0.15, -0.1) is 0 Å². The molecule has 10 nitrogen and oxygen atoms in total. The number of nitriles is 1. The fourth-order valence-electron chi connectivity index (χ4n) is 4.02. The van der Waals surface area contributed by atoms with E-state index >= 15 is 0 Å². The second-order valence-corrected chi connectivity index (χ2v) is 9.80. The quantitative estimate of drug-likeness (QED) is 0.431. The van der Waals surface area contributed by atoms with Crippen molar-refractivity contribution in [1.82, 2.24) is 24.4 Å². The van der Waals surface area contributed by atoms with Crippen molar-refractivity contribution >= 4 is 17.1 Å². The predicted octanol–water partition coefficient (Wildman–Crippen LogP) is 4.33. The Morgan fingerprint density at radius 1 is 1.24 bits per heavy atom. The number of aromatic nitrogens is 4. The van der Waals surface area contributed by atoms with Gasteiger partial charge in [-0.25, -0.2) is 19.7 Å². The molecule has 0 N–H and O–H groups in total. The van der Waals surface area contributed by atoms with Crippen molar-refractivity contribution < 1.29 is 32.2 Å². The fraction of sp³-hybridized carbons (Fsp3) is 0.480. The largest absolute Gasteiger partial charge is 0.475 e. The van der Waals surface area contributed by atoms with Crippen LogP contribution in [0.2, 0.25) is 0 Å². The highest BCUT2D eigenvalue weighted by Crippen LogP contribution is 2.38. The minimum Gasteiger partial charge on any atom is -0.475 e. The molecule has 38 heavy (non-hydrogen) atoms. The molecule has 0 radical (unpaired) electrons. The lowest BCUT2D eigenvalue weighted by Crippen LogP contribution is -2.36. The number of nitrogens with zero attached hydrogens (tertiary/aromatic N) is 6. The maximum atomic E-state index is 13.9. The van der Waals surface area contributed by atoms with Gasteiger partial charge in [0.1, 0.15) is 29.5 Å². The van der Waals surface area contributed by atoms with Crippen molar-refractivity contribution in [1.29, 1.82) is 5.26 Å². The molecule has 3 aromatic heterocycles. The molecule has 4 heterocycles. The van der Waals surface area contributed by atoms with Crippen molar-refractivity contribution in [3.05, 3.63) is 35.9 Å². The Morgan fingerprint density at radius 3 is 2.68 bits per heavy atom. The van der Waals surface area contributed by atoms with Crippen molar-refractivity contribution in [2.75, 3.05) is 26.3 Å². The number of hydrogen-bond acceptors (Lipinski definition) is 8. The molecule has 0 spiro atoms. The SMILES string of the molecule is Cn1ccc2c(-c3cnc(OCCO[C@H]4CCN(C(=O)OC(C)(C)C)C4)c(C(F)(F)F)c3)nc(C#N)nc21. The van der Waals surface area contributed by atoms with E-state index in [0.717, 1.165) is 6.07 Å². The molecule has 0 aliphatic carbocycles. The van der Waals surface area contributed by atoms with Crippen LogP contribution in [0.5, 0.6) is 5.88 Å². The van der Waals surface area contributed by atoms with Crippen LogP contribution >= 0.6 is 0 Å². The van der Waals surface area contributed by atoms with Gasteiger partial charge in [0.05, 0.1) is 24.9 Å². The average molecular weight is 533 g/mol. The zero-order valence-corrected chi connectivity index (χ0v) is 21.4. The predicted molar refractivity (Wildman–Crippen MR) is 129 cm³/mol. The van der Waals surface area contributed by atoms with E-state index < -0.39 is 29.3 Å². The van der Waals surface area contributed by atoms with Crippen molar-refractivity contribution in [3.63, 3.8) is 0 Å². The second-order valence-electron chi connectivity index (χ2n) is 9.80. The van der Waals surface area contributed by atoms with Crippen LogP contribution in [-0.4, -0.2) is 68.5 Å². The summed E-state index contributed by atoms with van der Waals surface area (Å²) in [5.41, 5.74) is -1.04. The number of fused-ring (bicyclic) bond motifs is 1. The van der Waals surface area contributed by atoms with Crippen LogP contribution in [0, 0.1) is 11.3 Å². The highest BCUT2D eigenvalue weighted by Gasteiger charge is 2.36. The number of hydrogen-bond donors (Lipinski definition) is 0. The molecule has 1 fully saturated rings. The van der Waals surface area contributed by atoms with Crippen LogP contribution in [0.1, 0.15) is 38.6 Å². The van der Waals surface area contributed by atoms with Crippen LogP contribution in [0.25, 0.3) is 22.3 Å². The molecule has 13 heteroatoms. The Kier molecular flexibility index (Phi) is 7.46. The summed E-state index contributed by atoms with van der Waals surface area (Å²) >= 11 is 0. The molecular formula is C25H27F3N6O4. The van der Waals surface area contributed by atoms with Gasteiger partial charge in [0.2, 0.25) is 11.7 Å². The standard InChI is InChI=1S/C25H27F3N6O4/c1-24(2,3)38-23(35)34-8-5-16(14-34)36-9-10-37-22-18(25(26,27)28)11-15(13-30-22)20-17-6-7-33(4)21(17)32-19(12-29)31-20/h6-7,11,13,16H,5,8-10,14H2,1-4H3/t16-/m0/s1. The van der Waals surface area contributed by atoms with Gasteiger partial charge >= 0.3 is 12.3 Å². The summed E-state index contributed by atoms with van der Waals surface area (Å²) in [5.74, 6) is -0.761. The van der Waals surface area contributed by atoms with Crippen molar-refractivity contribution in [2.45, 2.75) is 45.1 Å². The fourth-order valence-corrected chi connectivity index (χ4v) is 4.02. The van der Waals surface area contributed by atoms with Gasteiger partial charge in [-0.2, -0.15) is 18.4 Å². The molecule has 0 aromatic carbocycles. The molecule has 0 unspecified atom stereocenters.